The van der Waals surface area contributed by atoms with Gasteiger partial charge in [0.2, 0.25) is 11.7 Å². The van der Waals surface area contributed by atoms with Crippen LogP contribution in [0.1, 0.15) is 37.5 Å². The topological polar surface area (TPSA) is 83.0 Å². The normalized spacial score (nSPS) is 11.2. The molecule has 0 spiro atoms. The van der Waals surface area contributed by atoms with Gasteiger partial charge in [0.25, 0.3) is 5.89 Å². The Bertz CT molecular complexity index is 933. The first-order valence-electron chi connectivity index (χ1n) is 9.05. The van der Waals surface area contributed by atoms with E-state index in [0.717, 1.165) is 28.5 Å². The van der Waals surface area contributed by atoms with E-state index in [4.69, 9.17) is 9.26 Å². The molecule has 0 radical (unpaired) electrons. The first-order chi connectivity index (χ1) is 12.9. The molecular formula is C20H24N4O3. The van der Waals surface area contributed by atoms with Gasteiger partial charge < -0.3 is 14.1 Å². The first kappa shape index (κ1) is 18.8. The third kappa shape index (κ3) is 3.92. The molecule has 27 heavy (non-hydrogen) atoms. The zero-order valence-electron chi connectivity index (χ0n) is 16.3. The van der Waals surface area contributed by atoms with E-state index in [0.29, 0.717) is 36.3 Å². The minimum Gasteiger partial charge on any atom is -0.475 e. The third-order valence-electron chi connectivity index (χ3n) is 4.29. The van der Waals surface area contributed by atoms with Crippen molar-refractivity contribution in [3.63, 3.8) is 0 Å². The van der Waals surface area contributed by atoms with Crippen molar-refractivity contribution in [3.8, 4) is 28.9 Å². The summed E-state index contributed by atoms with van der Waals surface area (Å²) in [5.41, 5.74) is 4.53. The Morgan fingerprint density at radius 3 is 2.52 bits per heavy atom. The number of rotatable bonds is 7. The van der Waals surface area contributed by atoms with Gasteiger partial charge in [-0.2, -0.15) is 10.1 Å². The van der Waals surface area contributed by atoms with Gasteiger partial charge in [-0.3, -0.25) is 0 Å². The molecule has 0 saturated carbocycles. The quantitative estimate of drug-likeness (QED) is 0.591. The number of nitrogens with zero attached hydrogens (tertiary/aromatic N) is 4. The second kappa shape index (κ2) is 7.73. The van der Waals surface area contributed by atoms with E-state index >= 15 is 0 Å². The molecule has 0 bridgehead atoms. The average Bonchev–Trinajstić information content (AvgIpc) is 3.24. The van der Waals surface area contributed by atoms with E-state index in [-0.39, 0.29) is 6.10 Å². The second-order valence-corrected chi connectivity index (χ2v) is 6.73. The van der Waals surface area contributed by atoms with Crippen LogP contribution in [0.2, 0.25) is 0 Å². The number of hydrogen-bond acceptors (Lipinski definition) is 6. The van der Waals surface area contributed by atoms with E-state index in [2.05, 4.69) is 15.2 Å². The van der Waals surface area contributed by atoms with Gasteiger partial charge in [-0.1, -0.05) is 5.16 Å². The molecule has 2 aromatic heterocycles. The maximum atomic E-state index is 10.9. The van der Waals surface area contributed by atoms with Crippen LogP contribution in [-0.4, -0.2) is 32.3 Å². The second-order valence-electron chi connectivity index (χ2n) is 6.73. The van der Waals surface area contributed by atoms with Gasteiger partial charge in [-0.15, -0.1) is 0 Å². The van der Waals surface area contributed by atoms with Gasteiger partial charge >= 0.3 is 0 Å². The molecule has 0 aliphatic carbocycles. The molecule has 0 aliphatic rings. The largest absolute Gasteiger partial charge is 0.475 e. The van der Waals surface area contributed by atoms with Gasteiger partial charge in [0.05, 0.1) is 6.10 Å². The SMILES string of the molecule is CCn1nc(-c2nc(-c3cc(C)c(CC=O)c(C)c3)no2)cc1OC(C)C. The monoisotopic (exact) mass is 368 g/mol. The molecule has 7 heteroatoms. The molecule has 7 nitrogen and oxygen atoms in total. The van der Waals surface area contributed by atoms with Crippen LogP contribution in [0.15, 0.2) is 22.7 Å². The fourth-order valence-corrected chi connectivity index (χ4v) is 3.04. The Labute approximate surface area is 158 Å². The number of benzene rings is 1. The summed E-state index contributed by atoms with van der Waals surface area (Å²) in [4.78, 5) is 15.4. The van der Waals surface area contributed by atoms with Crippen LogP contribution in [0.25, 0.3) is 23.0 Å². The number of aldehydes is 1. The predicted molar refractivity (Wildman–Crippen MR) is 102 cm³/mol. The van der Waals surface area contributed by atoms with E-state index in [1.807, 2.05) is 52.8 Å². The number of hydrogen-bond donors (Lipinski definition) is 0. The zero-order chi connectivity index (χ0) is 19.6. The Morgan fingerprint density at radius 1 is 1.22 bits per heavy atom. The maximum Gasteiger partial charge on any atom is 0.278 e. The highest BCUT2D eigenvalue weighted by atomic mass is 16.5. The Morgan fingerprint density at radius 2 is 1.93 bits per heavy atom. The molecular weight excluding hydrogens is 344 g/mol. The van der Waals surface area contributed by atoms with E-state index in [1.54, 1.807) is 4.68 Å². The van der Waals surface area contributed by atoms with Crippen molar-refractivity contribution in [1.82, 2.24) is 19.9 Å². The van der Waals surface area contributed by atoms with Crippen molar-refractivity contribution in [2.45, 2.75) is 53.7 Å². The molecule has 0 fully saturated rings. The van der Waals surface area contributed by atoms with Crippen molar-refractivity contribution in [1.29, 1.82) is 0 Å². The van der Waals surface area contributed by atoms with Crippen molar-refractivity contribution >= 4 is 6.29 Å². The maximum absolute atomic E-state index is 10.9. The Hall–Kier alpha value is -2.96. The van der Waals surface area contributed by atoms with Crippen LogP contribution in [0, 0.1) is 13.8 Å². The van der Waals surface area contributed by atoms with Crippen LogP contribution in [0.5, 0.6) is 5.88 Å². The smallest absolute Gasteiger partial charge is 0.278 e. The summed E-state index contributed by atoms with van der Waals surface area (Å²) >= 11 is 0. The van der Waals surface area contributed by atoms with Crippen LogP contribution in [0.4, 0.5) is 0 Å². The Balaban J connectivity index is 1.93. The summed E-state index contributed by atoms with van der Waals surface area (Å²) in [5, 5.41) is 8.59. The highest BCUT2D eigenvalue weighted by molar-refractivity contribution is 5.64. The van der Waals surface area contributed by atoms with Gasteiger partial charge in [0, 0.05) is 24.6 Å². The highest BCUT2D eigenvalue weighted by Gasteiger charge is 2.18. The molecule has 0 unspecified atom stereocenters. The van der Waals surface area contributed by atoms with E-state index < -0.39 is 0 Å². The van der Waals surface area contributed by atoms with Gasteiger partial charge in [0.15, 0.2) is 5.69 Å². The average molecular weight is 368 g/mol. The number of aromatic nitrogens is 4. The molecule has 2 heterocycles. The molecule has 0 atom stereocenters. The van der Waals surface area contributed by atoms with Crippen molar-refractivity contribution in [2.75, 3.05) is 0 Å². The standard InChI is InChI=1S/C20H24N4O3/c1-6-24-18(26-12(2)3)11-17(22-24)20-21-19(23-27-20)15-9-13(4)16(7-8-25)14(5)10-15/h8-12H,6-7H2,1-5H3. The number of carbonyl (C=O) groups is 1. The molecule has 1 aromatic carbocycles. The van der Waals surface area contributed by atoms with Gasteiger partial charge in [-0.05, 0) is 63.4 Å². The lowest BCUT2D eigenvalue weighted by atomic mass is 9.97. The lowest BCUT2D eigenvalue weighted by Gasteiger charge is -2.09. The highest BCUT2D eigenvalue weighted by Crippen LogP contribution is 2.27. The number of aryl methyl sites for hydroxylation is 3. The van der Waals surface area contributed by atoms with Gasteiger partial charge in [0.1, 0.15) is 6.29 Å². The molecule has 0 saturated heterocycles. The summed E-state index contributed by atoms with van der Waals surface area (Å²) in [5.74, 6) is 1.51. The molecule has 0 amide bonds. The first-order valence-corrected chi connectivity index (χ1v) is 9.05. The minimum absolute atomic E-state index is 0.0499. The van der Waals surface area contributed by atoms with Crippen LogP contribution in [0.3, 0.4) is 0 Å². The Kier molecular flexibility index (Phi) is 5.39. The number of ether oxygens (including phenoxy) is 1. The minimum atomic E-state index is 0.0499. The fraction of sp³-hybridized carbons (Fsp3) is 0.400. The molecule has 3 rings (SSSR count). The van der Waals surface area contributed by atoms with Crippen molar-refractivity contribution in [2.24, 2.45) is 0 Å². The van der Waals surface area contributed by atoms with Gasteiger partial charge in [-0.25, -0.2) is 4.68 Å². The number of carbonyl (C=O) groups excluding carboxylic acids is 1. The summed E-state index contributed by atoms with van der Waals surface area (Å²) in [6, 6.07) is 5.75. The summed E-state index contributed by atoms with van der Waals surface area (Å²) < 4.78 is 13.0. The van der Waals surface area contributed by atoms with Crippen LogP contribution >= 0.6 is 0 Å². The summed E-state index contributed by atoms with van der Waals surface area (Å²) in [7, 11) is 0. The summed E-state index contributed by atoms with van der Waals surface area (Å²) in [6.07, 6.45) is 1.37. The molecule has 3 aromatic rings. The fourth-order valence-electron chi connectivity index (χ4n) is 3.04. The van der Waals surface area contributed by atoms with Crippen LogP contribution in [-0.2, 0) is 17.8 Å². The van der Waals surface area contributed by atoms with E-state index in [9.17, 15) is 4.79 Å². The molecule has 0 aliphatic heterocycles. The predicted octanol–water partition coefficient (Wildman–Crippen LogP) is 3.77. The van der Waals surface area contributed by atoms with Crippen LogP contribution < -0.4 is 4.74 Å². The third-order valence-corrected chi connectivity index (χ3v) is 4.29. The van der Waals surface area contributed by atoms with E-state index in [1.165, 1.54) is 0 Å². The van der Waals surface area contributed by atoms with Crippen molar-refractivity contribution < 1.29 is 14.1 Å². The molecule has 0 N–H and O–H groups in total. The summed E-state index contributed by atoms with van der Waals surface area (Å²) in [6.45, 7) is 10.6. The van der Waals surface area contributed by atoms with Crippen molar-refractivity contribution in [3.05, 3.63) is 34.9 Å². The zero-order valence-corrected chi connectivity index (χ0v) is 16.3. The molecule has 142 valence electrons. The lowest BCUT2D eigenvalue weighted by molar-refractivity contribution is -0.107. The lowest BCUT2D eigenvalue weighted by Crippen LogP contribution is -2.10.